The van der Waals surface area contributed by atoms with Crippen LogP contribution in [0.25, 0.3) is 6.08 Å². The normalized spacial score (nSPS) is 8.57. The van der Waals surface area contributed by atoms with Gasteiger partial charge in [-0.15, -0.1) is 0 Å². The van der Waals surface area contributed by atoms with Gasteiger partial charge in [0.1, 0.15) is 17.7 Å². The Morgan fingerprint density at radius 3 is 2.50 bits per heavy atom. The molecule has 2 nitrogen and oxygen atoms in total. The lowest BCUT2D eigenvalue weighted by Crippen LogP contribution is -1.79. The third-order valence-electron chi connectivity index (χ3n) is 1.75. The fourth-order valence-corrected chi connectivity index (χ4v) is 1.35. The molecule has 1 aromatic carbocycles. The van der Waals surface area contributed by atoms with Gasteiger partial charge in [-0.25, -0.2) is 0 Å². The molecule has 0 heterocycles. The van der Waals surface area contributed by atoms with Crippen molar-refractivity contribution in [1.82, 2.24) is 0 Å². The number of benzene rings is 1. The van der Waals surface area contributed by atoms with Crippen molar-refractivity contribution in [3.05, 3.63) is 39.4 Å². The predicted molar refractivity (Wildman–Crippen MR) is 58.1 cm³/mol. The molecule has 0 N–H and O–H groups in total. The van der Waals surface area contributed by atoms with E-state index >= 15 is 0 Å². The van der Waals surface area contributed by atoms with E-state index in [4.69, 9.17) is 10.5 Å². The van der Waals surface area contributed by atoms with E-state index in [1.54, 1.807) is 6.08 Å². The summed E-state index contributed by atoms with van der Waals surface area (Å²) >= 11 is 3.38. The van der Waals surface area contributed by atoms with E-state index in [1.807, 2.05) is 37.3 Å². The van der Waals surface area contributed by atoms with Gasteiger partial charge < -0.3 is 0 Å². The standard InChI is InChI=1S/C11H7BrN2/c1-8-2-3-9(5-11(8)12)4-10(6-13)7-14/h2-5H,1H3. The van der Waals surface area contributed by atoms with E-state index in [9.17, 15) is 0 Å². The Morgan fingerprint density at radius 2 is 2.00 bits per heavy atom. The third-order valence-corrected chi connectivity index (χ3v) is 2.60. The third kappa shape index (κ3) is 2.45. The number of hydrogen-bond donors (Lipinski definition) is 0. The van der Waals surface area contributed by atoms with E-state index in [1.165, 1.54) is 0 Å². The van der Waals surface area contributed by atoms with Gasteiger partial charge in [-0.3, -0.25) is 0 Å². The molecule has 0 radical (unpaired) electrons. The van der Waals surface area contributed by atoms with Gasteiger partial charge in [-0.1, -0.05) is 28.1 Å². The summed E-state index contributed by atoms with van der Waals surface area (Å²) in [6.45, 7) is 1.98. The summed E-state index contributed by atoms with van der Waals surface area (Å²) < 4.78 is 0.974. The van der Waals surface area contributed by atoms with Crippen molar-refractivity contribution in [2.75, 3.05) is 0 Å². The van der Waals surface area contributed by atoms with Crippen LogP contribution in [0.1, 0.15) is 11.1 Å². The second kappa shape index (κ2) is 4.60. The first kappa shape index (κ1) is 10.5. The first-order valence-electron chi connectivity index (χ1n) is 3.95. The smallest absolute Gasteiger partial charge is 0.130 e. The van der Waals surface area contributed by atoms with Crippen molar-refractivity contribution in [3.8, 4) is 12.1 Å². The zero-order chi connectivity index (χ0) is 10.6. The molecular weight excluding hydrogens is 240 g/mol. The quantitative estimate of drug-likeness (QED) is 0.715. The Bertz CT molecular complexity index is 445. The van der Waals surface area contributed by atoms with Gasteiger partial charge in [-0.05, 0) is 30.2 Å². The Morgan fingerprint density at radius 1 is 1.36 bits per heavy atom. The molecule has 14 heavy (non-hydrogen) atoms. The molecule has 0 saturated heterocycles. The molecular formula is C11H7BrN2. The number of hydrogen-bond acceptors (Lipinski definition) is 2. The maximum atomic E-state index is 8.56. The van der Waals surface area contributed by atoms with Crippen LogP contribution in [-0.4, -0.2) is 0 Å². The summed E-state index contributed by atoms with van der Waals surface area (Å²) in [6, 6.07) is 9.32. The molecule has 1 rings (SSSR count). The molecule has 0 bridgehead atoms. The lowest BCUT2D eigenvalue weighted by atomic mass is 10.1. The van der Waals surface area contributed by atoms with Crippen LogP contribution in [0, 0.1) is 29.6 Å². The number of nitrogens with zero attached hydrogens (tertiary/aromatic N) is 2. The first-order valence-corrected chi connectivity index (χ1v) is 4.74. The largest absolute Gasteiger partial charge is 0.192 e. The maximum absolute atomic E-state index is 8.56. The van der Waals surface area contributed by atoms with Crippen LogP contribution in [0.15, 0.2) is 28.2 Å². The molecule has 0 aliphatic carbocycles. The Balaban J connectivity index is 3.13. The minimum absolute atomic E-state index is 0.112. The van der Waals surface area contributed by atoms with E-state index in [-0.39, 0.29) is 5.57 Å². The fourth-order valence-electron chi connectivity index (χ4n) is 0.955. The van der Waals surface area contributed by atoms with Crippen molar-refractivity contribution in [2.24, 2.45) is 0 Å². The van der Waals surface area contributed by atoms with Crippen molar-refractivity contribution < 1.29 is 0 Å². The van der Waals surface area contributed by atoms with Crippen LogP contribution >= 0.6 is 15.9 Å². The molecule has 68 valence electrons. The average molecular weight is 247 g/mol. The molecule has 0 spiro atoms. The van der Waals surface area contributed by atoms with Gasteiger partial charge >= 0.3 is 0 Å². The lowest BCUT2D eigenvalue weighted by molar-refractivity contribution is 1.42. The van der Waals surface area contributed by atoms with Crippen molar-refractivity contribution >= 4 is 22.0 Å². The first-order chi connectivity index (χ1) is 6.67. The highest BCUT2D eigenvalue weighted by molar-refractivity contribution is 9.10. The molecule has 0 saturated carbocycles. The van der Waals surface area contributed by atoms with E-state index in [0.717, 1.165) is 15.6 Å². The molecule has 0 atom stereocenters. The maximum Gasteiger partial charge on any atom is 0.130 e. The summed E-state index contributed by atoms with van der Waals surface area (Å²) in [5.41, 5.74) is 2.08. The fraction of sp³-hybridized carbons (Fsp3) is 0.0909. The SMILES string of the molecule is Cc1ccc(C=C(C#N)C#N)cc1Br. The minimum Gasteiger partial charge on any atom is -0.192 e. The van der Waals surface area contributed by atoms with Crippen LogP contribution in [0.5, 0.6) is 0 Å². The molecule has 0 aromatic heterocycles. The van der Waals surface area contributed by atoms with Gasteiger partial charge in [0.05, 0.1) is 0 Å². The second-order valence-corrected chi connectivity index (χ2v) is 3.64. The molecule has 0 aliphatic heterocycles. The number of nitriles is 2. The summed E-state index contributed by atoms with van der Waals surface area (Å²) in [4.78, 5) is 0. The highest BCUT2D eigenvalue weighted by Crippen LogP contribution is 2.18. The van der Waals surface area contributed by atoms with Crippen LogP contribution in [-0.2, 0) is 0 Å². The number of aryl methyl sites for hydroxylation is 1. The van der Waals surface area contributed by atoms with Crippen molar-refractivity contribution in [3.63, 3.8) is 0 Å². The second-order valence-electron chi connectivity index (χ2n) is 2.79. The van der Waals surface area contributed by atoms with Gasteiger partial charge in [-0.2, -0.15) is 10.5 Å². The predicted octanol–water partition coefficient (Wildman–Crippen LogP) is 3.19. The topological polar surface area (TPSA) is 47.6 Å². The van der Waals surface area contributed by atoms with E-state index < -0.39 is 0 Å². The van der Waals surface area contributed by atoms with Crippen LogP contribution in [0.2, 0.25) is 0 Å². The highest BCUT2D eigenvalue weighted by atomic mass is 79.9. The van der Waals surface area contributed by atoms with Gasteiger partial charge in [0.15, 0.2) is 0 Å². The summed E-state index contributed by atoms with van der Waals surface area (Å²) in [6.07, 6.45) is 1.56. The van der Waals surface area contributed by atoms with Gasteiger partial charge in [0, 0.05) is 4.47 Å². The number of rotatable bonds is 1. The molecule has 0 amide bonds. The van der Waals surface area contributed by atoms with Crippen LogP contribution < -0.4 is 0 Å². The van der Waals surface area contributed by atoms with Gasteiger partial charge in [0.25, 0.3) is 0 Å². The van der Waals surface area contributed by atoms with Crippen LogP contribution in [0.3, 0.4) is 0 Å². The Kier molecular flexibility index (Phi) is 3.45. The summed E-state index contributed by atoms with van der Waals surface area (Å²) in [7, 11) is 0. The average Bonchev–Trinajstić information content (AvgIpc) is 2.19. The molecule has 3 heteroatoms. The molecule has 0 unspecified atom stereocenters. The zero-order valence-electron chi connectivity index (χ0n) is 7.58. The highest BCUT2D eigenvalue weighted by Gasteiger charge is 1.97. The van der Waals surface area contributed by atoms with Crippen LogP contribution in [0.4, 0.5) is 0 Å². The van der Waals surface area contributed by atoms with Crippen molar-refractivity contribution in [2.45, 2.75) is 6.92 Å². The van der Waals surface area contributed by atoms with Gasteiger partial charge in [0.2, 0.25) is 0 Å². The number of allylic oxidation sites excluding steroid dienone is 1. The van der Waals surface area contributed by atoms with E-state index in [2.05, 4.69) is 15.9 Å². The van der Waals surface area contributed by atoms with Crippen molar-refractivity contribution in [1.29, 1.82) is 10.5 Å². The summed E-state index contributed by atoms with van der Waals surface area (Å²) in [5.74, 6) is 0. The Labute approximate surface area is 91.2 Å². The Hall–Kier alpha value is -1.58. The molecule has 1 aromatic rings. The zero-order valence-corrected chi connectivity index (χ0v) is 9.17. The molecule has 0 aliphatic rings. The van der Waals surface area contributed by atoms with E-state index in [0.29, 0.717) is 0 Å². The lowest BCUT2D eigenvalue weighted by Gasteiger charge is -1.98. The minimum atomic E-state index is 0.112. The monoisotopic (exact) mass is 246 g/mol. The number of halogens is 1. The molecule has 0 fully saturated rings. The summed E-state index contributed by atoms with van der Waals surface area (Å²) in [5, 5.41) is 17.1.